The standard InChI is InChI=1S/C18H18N4O2/c1-13(2)19-16-20-17(23-14-9-5-3-6-10-14)22-18(21-16)24-15-11-7-4-8-12-15/h3-13H,1-2H3,(H,19,20,21,22). The van der Waals surface area contributed by atoms with E-state index in [4.69, 9.17) is 9.47 Å². The number of para-hydroxylation sites is 2. The molecule has 0 saturated heterocycles. The van der Waals surface area contributed by atoms with Crippen LogP contribution in [0.15, 0.2) is 60.7 Å². The Morgan fingerprint density at radius 1 is 0.708 bits per heavy atom. The first-order valence-electron chi connectivity index (χ1n) is 7.67. The summed E-state index contributed by atoms with van der Waals surface area (Å²) in [6.45, 7) is 4.00. The second kappa shape index (κ2) is 7.41. The molecule has 3 rings (SSSR count). The van der Waals surface area contributed by atoms with Gasteiger partial charge in [0.05, 0.1) is 0 Å². The summed E-state index contributed by atoms with van der Waals surface area (Å²) < 4.78 is 11.4. The predicted molar refractivity (Wildman–Crippen MR) is 91.6 cm³/mol. The Hall–Kier alpha value is -3.15. The van der Waals surface area contributed by atoms with Crippen molar-refractivity contribution >= 4 is 5.95 Å². The summed E-state index contributed by atoms with van der Waals surface area (Å²) in [4.78, 5) is 12.8. The average molecular weight is 322 g/mol. The number of ether oxygens (including phenoxy) is 2. The lowest BCUT2D eigenvalue weighted by Gasteiger charge is -2.11. The third-order valence-corrected chi connectivity index (χ3v) is 2.92. The van der Waals surface area contributed by atoms with E-state index in [0.717, 1.165) is 0 Å². The van der Waals surface area contributed by atoms with Crippen LogP contribution in [-0.4, -0.2) is 21.0 Å². The molecule has 6 heteroatoms. The highest BCUT2D eigenvalue weighted by molar-refractivity contribution is 5.32. The fourth-order valence-electron chi connectivity index (χ4n) is 1.94. The second-order valence-corrected chi connectivity index (χ2v) is 5.35. The van der Waals surface area contributed by atoms with Gasteiger partial charge in [-0.3, -0.25) is 0 Å². The summed E-state index contributed by atoms with van der Waals surface area (Å²) in [6, 6.07) is 19.2. The predicted octanol–water partition coefficient (Wildman–Crippen LogP) is 4.28. The Balaban J connectivity index is 1.88. The van der Waals surface area contributed by atoms with Crippen molar-refractivity contribution in [2.24, 2.45) is 0 Å². The van der Waals surface area contributed by atoms with Gasteiger partial charge in [-0.05, 0) is 38.1 Å². The Labute approximate surface area is 140 Å². The monoisotopic (exact) mass is 322 g/mol. The van der Waals surface area contributed by atoms with Gasteiger partial charge in [-0.25, -0.2) is 0 Å². The highest BCUT2D eigenvalue weighted by atomic mass is 16.5. The molecule has 0 bridgehead atoms. The molecule has 6 nitrogen and oxygen atoms in total. The van der Waals surface area contributed by atoms with E-state index >= 15 is 0 Å². The largest absolute Gasteiger partial charge is 0.424 e. The van der Waals surface area contributed by atoms with Crippen molar-refractivity contribution in [1.29, 1.82) is 0 Å². The fraction of sp³-hybridized carbons (Fsp3) is 0.167. The Morgan fingerprint density at radius 2 is 1.17 bits per heavy atom. The molecule has 3 aromatic rings. The molecular weight excluding hydrogens is 304 g/mol. The Kier molecular flexibility index (Phi) is 4.86. The van der Waals surface area contributed by atoms with Crippen LogP contribution in [0.3, 0.4) is 0 Å². The molecule has 0 atom stereocenters. The number of anilines is 1. The zero-order chi connectivity index (χ0) is 16.8. The van der Waals surface area contributed by atoms with Crippen molar-refractivity contribution in [2.75, 3.05) is 5.32 Å². The maximum atomic E-state index is 5.70. The molecule has 122 valence electrons. The molecule has 0 aliphatic heterocycles. The average Bonchev–Trinajstić information content (AvgIpc) is 2.56. The van der Waals surface area contributed by atoms with E-state index in [2.05, 4.69) is 20.3 Å². The fourth-order valence-corrected chi connectivity index (χ4v) is 1.94. The Morgan fingerprint density at radius 3 is 1.58 bits per heavy atom. The van der Waals surface area contributed by atoms with Gasteiger partial charge in [-0.1, -0.05) is 36.4 Å². The lowest BCUT2D eigenvalue weighted by atomic mass is 10.3. The minimum Gasteiger partial charge on any atom is -0.424 e. The van der Waals surface area contributed by atoms with Crippen molar-refractivity contribution in [3.05, 3.63) is 60.7 Å². The molecule has 0 saturated carbocycles. The van der Waals surface area contributed by atoms with Crippen LogP contribution in [0.25, 0.3) is 0 Å². The molecule has 1 aromatic heterocycles. The van der Waals surface area contributed by atoms with E-state index in [9.17, 15) is 0 Å². The van der Waals surface area contributed by atoms with Crippen molar-refractivity contribution in [3.63, 3.8) is 0 Å². The van der Waals surface area contributed by atoms with E-state index in [1.165, 1.54) is 0 Å². The van der Waals surface area contributed by atoms with Gasteiger partial charge in [0.15, 0.2) is 0 Å². The molecule has 1 heterocycles. The molecule has 1 N–H and O–H groups in total. The zero-order valence-electron chi connectivity index (χ0n) is 13.5. The van der Waals surface area contributed by atoms with Crippen LogP contribution in [0.2, 0.25) is 0 Å². The third kappa shape index (κ3) is 4.42. The Bertz CT molecular complexity index is 720. The van der Waals surface area contributed by atoms with E-state index in [1.807, 2.05) is 74.5 Å². The van der Waals surface area contributed by atoms with Crippen LogP contribution in [0.5, 0.6) is 23.5 Å². The summed E-state index contributed by atoms with van der Waals surface area (Å²) in [6.07, 6.45) is 0. The summed E-state index contributed by atoms with van der Waals surface area (Å²) >= 11 is 0. The van der Waals surface area contributed by atoms with Crippen molar-refractivity contribution < 1.29 is 9.47 Å². The lowest BCUT2D eigenvalue weighted by molar-refractivity contribution is 0.398. The summed E-state index contributed by atoms with van der Waals surface area (Å²) in [5.41, 5.74) is 0. The van der Waals surface area contributed by atoms with Gasteiger partial charge >= 0.3 is 12.0 Å². The highest BCUT2D eigenvalue weighted by Gasteiger charge is 2.11. The lowest BCUT2D eigenvalue weighted by Crippen LogP contribution is -2.13. The molecule has 0 fully saturated rings. The third-order valence-electron chi connectivity index (χ3n) is 2.92. The maximum absolute atomic E-state index is 5.70. The molecule has 0 aliphatic carbocycles. The van der Waals surface area contributed by atoms with Crippen LogP contribution in [0.4, 0.5) is 5.95 Å². The van der Waals surface area contributed by atoms with E-state index in [1.54, 1.807) is 0 Å². The molecule has 0 spiro atoms. The second-order valence-electron chi connectivity index (χ2n) is 5.35. The molecule has 0 radical (unpaired) electrons. The van der Waals surface area contributed by atoms with Gasteiger partial charge < -0.3 is 14.8 Å². The van der Waals surface area contributed by atoms with Crippen LogP contribution < -0.4 is 14.8 Å². The normalized spacial score (nSPS) is 10.5. The minimum absolute atomic E-state index is 0.168. The van der Waals surface area contributed by atoms with Gasteiger partial charge in [-0.2, -0.15) is 9.97 Å². The van der Waals surface area contributed by atoms with Crippen LogP contribution in [0, 0.1) is 0 Å². The molecule has 24 heavy (non-hydrogen) atoms. The van der Waals surface area contributed by atoms with E-state index in [-0.39, 0.29) is 18.1 Å². The number of nitrogens with one attached hydrogen (secondary N) is 1. The number of nitrogens with zero attached hydrogens (tertiary/aromatic N) is 3. The number of benzene rings is 2. The van der Waals surface area contributed by atoms with Gasteiger partial charge in [-0.15, -0.1) is 4.98 Å². The molecule has 0 aliphatic rings. The number of rotatable bonds is 6. The highest BCUT2D eigenvalue weighted by Crippen LogP contribution is 2.23. The van der Waals surface area contributed by atoms with Crippen LogP contribution in [-0.2, 0) is 0 Å². The molecular formula is C18H18N4O2. The van der Waals surface area contributed by atoms with E-state index in [0.29, 0.717) is 17.4 Å². The number of aromatic nitrogens is 3. The number of hydrogen-bond donors (Lipinski definition) is 1. The summed E-state index contributed by atoms with van der Waals surface area (Å²) in [5.74, 6) is 1.69. The van der Waals surface area contributed by atoms with Gasteiger partial charge in [0.25, 0.3) is 0 Å². The van der Waals surface area contributed by atoms with Crippen LogP contribution >= 0.6 is 0 Å². The quantitative estimate of drug-likeness (QED) is 0.730. The smallest absolute Gasteiger partial charge is 0.330 e. The summed E-state index contributed by atoms with van der Waals surface area (Å²) in [5, 5.41) is 3.13. The van der Waals surface area contributed by atoms with Gasteiger partial charge in [0.2, 0.25) is 5.95 Å². The molecule has 2 aromatic carbocycles. The van der Waals surface area contributed by atoms with Crippen molar-refractivity contribution in [2.45, 2.75) is 19.9 Å². The van der Waals surface area contributed by atoms with Crippen molar-refractivity contribution in [1.82, 2.24) is 15.0 Å². The first-order chi connectivity index (χ1) is 11.7. The number of hydrogen-bond acceptors (Lipinski definition) is 6. The first kappa shape index (κ1) is 15.7. The first-order valence-corrected chi connectivity index (χ1v) is 7.67. The van der Waals surface area contributed by atoms with Gasteiger partial charge in [0, 0.05) is 6.04 Å². The van der Waals surface area contributed by atoms with Crippen LogP contribution in [0.1, 0.15) is 13.8 Å². The van der Waals surface area contributed by atoms with E-state index < -0.39 is 0 Å². The summed E-state index contributed by atoms with van der Waals surface area (Å²) in [7, 11) is 0. The topological polar surface area (TPSA) is 69.2 Å². The molecule has 0 unspecified atom stereocenters. The van der Waals surface area contributed by atoms with Gasteiger partial charge in [0.1, 0.15) is 11.5 Å². The molecule has 0 amide bonds. The minimum atomic E-state index is 0.168. The van der Waals surface area contributed by atoms with Crippen molar-refractivity contribution in [3.8, 4) is 23.5 Å². The maximum Gasteiger partial charge on any atom is 0.330 e. The SMILES string of the molecule is CC(C)Nc1nc(Oc2ccccc2)nc(Oc2ccccc2)n1. The zero-order valence-corrected chi connectivity index (χ0v) is 13.5.